The number of hydrogen-bond acceptors (Lipinski definition) is 4. The topological polar surface area (TPSA) is 62.2 Å². The summed E-state index contributed by atoms with van der Waals surface area (Å²) < 4.78 is 16.9. The zero-order valence-corrected chi connectivity index (χ0v) is 17.5. The van der Waals surface area contributed by atoms with Gasteiger partial charge in [0.05, 0.1) is 0 Å². The molecular formula is C23H20FN5OS. The van der Waals surface area contributed by atoms with Crippen LogP contribution >= 0.6 is 11.9 Å². The number of imidazole rings is 1. The van der Waals surface area contributed by atoms with E-state index in [9.17, 15) is 9.18 Å². The third-order valence-electron chi connectivity index (χ3n) is 4.43. The van der Waals surface area contributed by atoms with Crippen LogP contribution in [0.3, 0.4) is 0 Å². The SMILES string of the molecule is CN(Sc1cn(-c2ccc(F)cc2)cn1)c1ccc(NC(=O)Nc2ccccc2)cc1. The van der Waals surface area contributed by atoms with E-state index >= 15 is 0 Å². The highest BCUT2D eigenvalue weighted by molar-refractivity contribution is 8.00. The maximum absolute atomic E-state index is 13.1. The van der Waals surface area contributed by atoms with E-state index in [4.69, 9.17) is 0 Å². The van der Waals surface area contributed by atoms with Crippen molar-refractivity contribution in [3.05, 3.63) is 97.2 Å². The van der Waals surface area contributed by atoms with E-state index in [0.717, 1.165) is 22.1 Å². The van der Waals surface area contributed by atoms with Gasteiger partial charge < -0.3 is 19.5 Å². The molecule has 2 N–H and O–H groups in total. The molecule has 0 fully saturated rings. The van der Waals surface area contributed by atoms with Crippen LogP contribution in [0, 0.1) is 5.82 Å². The van der Waals surface area contributed by atoms with E-state index in [1.165, 1.54) is 24.1 Å². The van der Waals surface area contributed by atoms with Gasteiger partial charge in [-0.3, -0.25) is 0 Å². The highest BCUT2D eigenvalue weighted by Crippen LogP contribution is 2.27. The summed E-state index contributed by atoms with van der Waals surface area (Å²) in [6.45, 7) is 0. The fraction of sp³-hybridized carbons (Fsp3) is 0.0435. The summed E-state index contributed by atoms with van der Waals surface area (Å²) in [6.07, 6.45) is 3.58. The highest BCUT2D eigenvalue weighted by Gasteiger charge is 2.08. The fourth-order valence-corrected chi connectivity index (χ4v) is 3.63. The van der Waals surface area contributed by atoms with Crippen molar-refractivity contribution in [3.8, 4) is 5.69 Å². The zero-order chi connectivity index (χ0) is 21.6. The van der Waals surface area contributed by atoms with Crippen LogP contribution in [0.15, 0.2) is 96.4 Å². The molecule has 4 rings (SSSR count). The first-order chi connectivity index (χ1) is 15.1. The largest absolute Gasteiger partial charge is 0.323 e. The van der Waals surface area contributed by atoms with E-state index in [-0.39, 0.29) is 11.8 Å². The van der Waals surface area contributed by atoms with Crippen molar-refractivity contribution in [1.29, 1.82) is 0 Å². The molecule has 0 spiro atoms. The van der Waals surface area contributed by atoms with Crippen LogP contribution in [0.4, 0.5) is 26.2 Å². The normalized spacial score (nSPS) is 10.5. The summed E-state index contributed by atoms with van der Waals surface area (Å²) in [4.78, 5) is 16.5. The van der Waals surface area contributed by atoms with E-state index in [1.54, 1.807) is 18.5 Å². The lowest BCUT2D eigenvalue weighted by Gasteiger charge is -2.17. The molecule has 0 radical (unpaired) electrons. The molecule has 4 aromatic rings. The predicted molar refractivity (Wildman–Crippen MR) is 123 cm³/mol. The van der Waals surface area contributed by atoms with Crippen molar-refractivity contribution < 1.29 is 9.18 Å². The molecule has 1 aromatic heterocycles. The Hall–Kier alpha value is -3.78. The van der Waals surface area contributed by atoms with Gasteiger partial charge in [0, 0.05) is 47.9 Å². The van der Waals surface area contributed by atoms with Crippen LogP contribution in [0.2, 0.25) is 0 Å². The Morgan fingerprint density at radius 2 is 1.58 bits per heavy atom. The van der Waals surface area contributed by atoms with Crippen LogP contribution in [0.25, 0.3) is 5.69 Å². The molecule has 156 valence electrons. The van der Waals surface area contributed by atoms with Crippen LogP contribution in [-0.4, -0.2) is 22.6 Å². The average Bonchev–Trinajstić information content (AvgIpc) is 3.24. The maximum Gasteiger partial charge on any atom is 0.323 e. The molecule has 0 atom stereocenters. The van der Waals surface area contributed by atoms with E-state index in [1.807, 2.05) is 76.7 Å². The summed E-state index contributed by atoms with van der Waals surface area (Å²) in [5.74, 6) is -0.270. The summed E-state index contributed by atoms with van der Waals surface area (Å²) in [5, 5.41) is 6.40. The van der Waals surface area contributed by atoms with E-state index < -0.39 is 0 Å². The second-order valence-electron chi connectivity index (χ2n) is 6.68. The molecule has 0 bridgehead atoms. The summed E-state index contributed by atoms with van der Waals surface area (Å²) in [7, 11) is 1.94. The van der Waals surface area contributed by atoms with Gasteiger partial charge in [0.15, 0.2) is 0 Å². The monoisotopic (exact) mass is 433 g/mol. The number of hydrogen-bond donors (Lipinski definition) is 2. The molecule has 1 heterocycles. The Morgan fingerprint density at radius 3 is 2.26 bits per heavy atom. The van der Waals surface area contributed by atoms with Crippen LogP contribution in [0.5, 0.6) is 0 Å². The molecule has 0 aliphatic carbocycles. The van der Waals surface area contributed by atoms with Crippen LogP contribution in [0.1, 0.15) is 0 Å². The fourth-order valence-electron chi connectivity index (χ4n) is 2.87. The molecule has 3 aromatic carbocycles. The maximum atomic E-state index is 13.1. The molecule has 2 amide bonds. The van der Waals surface area contributed by atoms with Crippen molar-refractivity contribution in [1.82, 2.24) is 9.55 Å². The standard InChI is InChI=1S/C23H20FN5OS/c1-28(31-22-15-29(16-25-22)21-11-7-17(24)8-12-21)20-13-9-19(10-14-20)27-23(30)26-18-5-3-2-4-6-18/h2-16H,1H3,(H2,26,27,30). The zero-order valence-electron chi connectivity index (χ0n) is 16.7. The third kappa shape index (κ3) is 5.43. The van der Waals surface area contributed by atoms with Gasteiger partial charge in [0.25, 0.3) is 0 Å². The van der Waals surface area contributed by atoms with Gasteiger partial charge in [-0.15, -0.1) is 0 Å². The number of rotatable bonds is 6. The Kier molecular flexibility index (Phi) is 6.18. The number of aromatic nitrogens is 2. The molecule has 0 saturated heterocycles. The minimum absolute atomic E-state index is 0.270. The Bertz CT molecular complexity index is 1150. The number of halogens is 1. The number of carbonyl (C=O) groups is 1. The lowest BCUT2D eigenvalue weighted by Crippen LogP contribution is -2.19. The highest BCUT2D eigenvalue weighted by atomic mass is 32.2. The van der Waals surface area contributed by atoms with Crippen LogP contribution in [-0.2, 0) is 0 Å². The number of urea groups is 1. The Morgan fingerprint density at radius 1 is 0.935 bits per heavy atom. The van der Waals surface area contributed by atoms with Gasteiger partial charge in [-0.25, -0.2) is 14.2 Å². The molecule has 0 aliphatic heterocycles. The third-order valence-corrected chi connectivity index (χ3v) is 5.32. The van der Waals surface area contributed by atoms with Gasteiger partial charge in [0.2, 0.25) is 0 Å². The van der Waals surface area contributed by atoms with Gasteiger partial charge in [-0.2, -0.15) is 0 Å². The van der Waals surface area contributed by atoms with Gasteiger partial charge in [-0.1, -0.05) is 18.2 Å². The minimum Gasteiger partial charge on any atom is -0.314 e. The smallest absolute Gasteiger partial charge is 0.314 e. The van der Waals surface area contributed by atoms with Crippen molar-refractivity contribution in [3.63, 3.8) is 0 Å². The lowest BCUT2D eigenvalue weighted by molar-refractivity contribution is 0.262. The van der Waals surface area contributed by atoms with Crippen molar-refractivity contribution >= 4 is 35.0 Å². The Balaban J connectivity index is 1.34. The minimum atomic E-state index is -0.298. The molecule has 0 saturated carbocycles. The van der Waals surface area contributed by atoms with Crippen molar-refractivity contribution in [2.24, 2.45) is 0 Å². The molecule has 6 nitrogen and oxygen atoms in total. The van der Waals surface area contributed by atoms with Gasteiger partial charge >= 0.3 is 6.03 Å². The summed E-state index contributed by atoms with van der Waals surface area (Å²) >= 11 is 1.46. The molecule has 8 heteroatoms. The van der Waals surface area contributed by atoms with Gasteiger partial charge in [-0.05, 0) is 60.7 Å². The molecule has 0 unspecified atom stereocenters. The first kappa shape index (κ1) is 20.5. The predicted octanol–water partition coefficient (Wildman–Crippen LogP) is 5.80. The van der Waals surface area contributed by atoms with E-state index in [2.05, 4.69) is 15.6 Å². The number of carbonyl (C=O) groups excluding carboxylic acids is 1. The molecule has 31 heavy (non-hydrogen) atoms. The first-order valence-electron chi connectivity index (χ1n) is 9.51. The number of nitrogens with zero attached hydrogens (tertiary/aromatic N) is 3. The van der Waals surface area contributed by atoms with Gasteiger partial charge in [0.1, 0.15) is 17.2 Å². The van der Waals surface area contributed by atoms with Crippen molar-refractivity contribution in [2.45, 2.75) is 5.03 Å². The average molecular weight is 434 g/mol. The summed E-state index contributed by atoms with van der Waals surface area (Å²) in [6, 6.07) is 22.7. The van der Waals surface area contributed by atoms with Crippen LogP contribution < -0.4 is 14.9 Å². The van der Waals surface area contributed by atoms with E-state index in [0.29, 0.717) is 5.69 Å². The molecule has 0 aliphatic rings. The number of nitrogens with one attached hydrogen (secondary N) is 2. The number of para-hydroxylation sites is 1. The second kappa shape index (κ2) is 9.36. The molecular weight excluding hydrogens is 413 g/mol. The Labute approximate surface area is 183 Å². The second-order valence-corrected chi connectivity index (χ2v) is 7.82. The quantitative estimate of drug-likeness (QED) is 0.377. The lowest BCUT2D eigenvalue weighted by atomic mass is 10.3. The number of benzene rings is 3. The first-order valence-corrected chi connectivity index (χ1v) is 10.3. The number of amides is 2. The summed E-state index contributed by atoms with van der Waals surface area (Å²) in [5.41, 5.74) is 3.21. The number of anilines is 3. The van der Waals surface area contributed by atoms with Crippen molar-refractivity contribution in [2.75, 3.05) is 22.0 Å².